The van der Waals surface area contributed by atoms with Crippen LogP contribution in [0, 0.1) is 0 Å². The van der Waals surface area contributed by atoms with E-state index in [1.54, 1.807) is 16.7 Å². The summed E-state index contributed by atoms with van der Waals surface area (Å²) in [5, 5.41) is 2.75. The van der Waals surface area contributed by atoms with E-state index in [1.165, 1.54) is 60.8 Å². The molecule has 0 nitrogen and oxygen atoms in total. The van der Waals surface area contributed by atoms with Crippen molar-refractivity contribution >= 4 is 10.8 Å². The molecule has 0 radical (unpaired) electrons. The van der Waals surface area contributed by atoms with Gasteiger partial charge in [-0.25, -0.2) is 0 Å². The minimum Gasteiger partial charge on any atom is -0.0619 e. The van der Waals surface area contributed by atoms with Crippen LogP contribution in [0.3, 0.4) is 0 Å². The molecule has 0 unspecified atom stereocenters. The van der Waals surface area contributed by atoms with Crippen LogP contribution < -0.4 is 0 Å². The SMILES string of the molecule is c1ccc2c(c1)Cc1c-2c2c(c3c1-c1c(ccc4ccccc14)C3)-c1ccccc1C2. The molecule has 0 heterocycles. The number of hydrogen-bond acceptors (Lipinski definition) is 0. The molecule has 0 aliphatic heterocycles. The smallest absolute Gasteiger partial charge is 0.000683 e. The summed E-state index contributed by atoms with van der Waals surface area (Å²) in [7, 11) is 0. The van der Waals surface area contributed by atoms with E-state index in [-0.39, 0.29) is 0 Å². The highest BCUT2D eigenvalue weighted by Gasteiger charge is 2.37. The van der Waals surface area contributed by atoms with Crippen LogP contribution in [0.2, 0.25) is 0 Å². The standard InChI is InChI=1S/C31H20/c1-4-10-22-18(7-1)13-14-21-17-27-30-23-11-5-2-8-19(23)15-25(30)29-24-12-6-3-9-20(24)16-26(29)31(27)28(21)22/h1-14H,15-17H2. The first-order valence-electron chi connectivity index (χ1n) is 11.3. The molecular weight excluding hydrogens is 372 g/mol. The molecule has 31 heavy (non-hydrogen) atoms. The molecule has 3 aliphatic rings. The molecule has 0 N–H and O–H groups in total. The fraction of sp³-hybridized carbons (Fsp3) is 0.0968. The largest absolute Gasteiger partial charge is 0.0619 e. The lowest BCUT2D eigenvalue weighted by molar-refractivity contribution is 1.21. The summed E-state index contributed by atoms with van der Waals surface area (Å²) in [6.45, 7) is 0. The summed E-state index contributed by atoms with van der Waals surface area (Å²) >= 11 is 0. The first-order valence-corrected chi connectivity index (χ1v) is 11.3. The Morgan fingerprint density at radius 1 is 0.387 bits per heavy atom. The number of hydrogen-bond donors (Lipinski definition) is 0. The minimum atomic E-state index is 1.05. The maximum absolute atomic E-state index is 2.37. The van der Waals surface area contributed by atoms with E-state index in [0.29, 0.717) is 0 Å². The van der Waals surface area contributed by atoms with Gasteiger partial charge in [-0.2, -0.15) is 0 Å². The van der Waals surface area contributed by atoms with Crippen molar-refractivity contribution in [2.45, 2.75) is 19.3 Å². The second-order valence-corrected chi connectivity index (χ2v) is 9.23. The van der Waals surface area contributed by atoms with Crippen molar-refractivity contribution in [3.8, 4) is 33.4 Å². The van der Waals surface area contributed by atoms with E-state index in [1.807, 2.05) is 0 Å². The van der Waals surface area contributed by atoms with E-state index in [9.17, 15) is 0 Å². The molecule has 8 rings (SSSR count). The van der Waals surface area contributed by atoms with Gasteiger partial charge in [-0.15, -0.1) is 0 Å². The third-order valence-corrected chi connectivity index (χ3v) is 7.75. The average molecular weight is 393 g/mol. The highest BCUT2D eigenvalue weighted by Crippen LogP contribution is 2.57. The van der Waals surface area contributed by atoms with Gasteiger partial charge >= 0.3 is 0 Å². The topological polar surface area (TPSA) is 0 Å². The zero-order valence-electron chi connectivity index (χ0n) is 17.2. The highest BCUT2D eigenvalue weighted by molar-refractivity contribution is 6.07. The third-order valence-electron chi connectivity index (χ3n) is 7.75. The fourth-order valence-corrected chi connectivity index (χ4v) is 6.57. The molecule has 0 saturated heterocycles. The molecule has 5 aromatic carbocycles. The zero-order valence-corrected chi connectivity index (χ0v) is 17.2. The lowest BCUT2D eigenvalue weighted by Gasteiger charge is -2.17. The van der Waals surface area contributed by atoms with Gasteiger partial charge < -0.3 is 0 Å². The van der Waals surface area contributed by atoms with Crippen LogP contribution in [0.1, 0.15) is 33.4 Å². The Balaban J connectivity index is 1.57. The monoisotopic (exact) mass is 392 g/mol. The van der Waals surface area contributed by atoms with E-state index >= 15 is 0 Å². The van der Waals surface area contributed by atoms with Gasteiger partial charge in [0.25, 0.3) is 0 Å². The van der Waals surface area contributed by atoms with Crippen LogP contribution in [0.25, 0.3) is 44.2 Å². The van der Waals surface area contributed by atoms with Crippen molar-refractivity contribution in [3.63, 3.8) is 0 Å². The third kappa shape index (κ3) is 1.92. The van der Waals surface area contributed by atoms with E-state index in [0.717, 1.165) is 19.3 Å². The number of rotatable bonds is 0. The van der Waals surface area contributed by atoms with Gasteiger partial charge in [0, 0.05) is 0 Å². The van der Waals surface area contributed by atoms with Crippen LogP contribution in [-0.4, -0.2) is 0 Å². The van der Waals surface area contributed by atoms with Crippen molar-refractivity contribution < 1.29 is 0 Å². The Hall–Kier alpha value is -3.64. The second kappa shape index (κ2) is 5.53. The summed E-state index contributed by atoms with van der Waals surface area (Å²) in [5.74, 6) is 0. The number of benzene rings is 5. The van der Waals surface area contributed by atoms with Gasteiger partial charge in [-0.05, 0) is 96.8 Å². The molecule has 0 spiro atoms. The quantitative estimate of drug-likeness (QED) is 0.250. The Morgan fingerprint density at radius 3 is 1.65 bits per heavy atom. The Morgan fingerprint density at radius 2 is 0.935 bits per heavy atom. The predicted octanol–water partition coefficient (Wildman–Crippen LogP) is 7.55. The molecule has 0 atom stereocenters. The van der Waals surface area contributed by atoms with Gasteiger partial charge in [0.15, 0.2) is 0 Å². The van der Waals surface area contributed by atoms with E-state index < -0.39 is 0 Å². The van der Waals surface area contributed by atoms with Gasteiger partial charge in [0.2, 0.25) is 0 Å². The average Bonchev–Trinajstić information content (AvgIpc) is 3.49. The van der Waals surface area contributed by atoms with Crippen LogP contribution >= 0.6 is 0 Å². The zero-order chi connectivity index (χ0) is 20.1. The highest BCUT2D eigenvalue weighted by atomic mass is 14.4. The molecule has 144 valence electrons. The Labute approximate surface area is 181 Å². The molecule has 3 aliphatic carbocycles. The van der Waals surface area contributed by atoms with Crippen molar-refractivity contribution in [1.29, 1.82) is 0 Å². The molecule has 0 bridgehead atoms. The maximum Gasteiger partial charge on any atom is -0.000683 e. The van der Waals surface area contributed by atoms with Crippen LogP contribution in [0.4, 0.5) is 0 Å². The normalized spacial score (nSPS) is 14.1. The first kappa shape index (κ1) is 16.1. The Bertz CT molecular complexity index is 1570. The molecular formula is C31H20. The van der Waals surface area contributed by atoms with Crippen molar-refractivity contribution in [2.75, 3.05) is 0 Å². The van der Waals surface area contributed by atoms with Crippen molar-refractivity contribution in [3.05, 3.63) is 118 Å². The molecule has 0 saturated carbocycles. The summed E-state index contributed by atoms with van der Waals surface area (Å²) in [6, 6.07) is 31.8. The minimum absolute atomic E-state index is 1.05. The van der Waals surface area contributed by atoms with E-state index in [4.69, 9.17) is 0 Å². The summed E-state index contributed by atoms with van der Waals surface area (Å²) in [4.78, 5) is 0. The van der Waals surface area contributed by atoms with Crippen molar-refractivity contribution in [2.24, 2.45) is 0 Å². The second-order valence-electron chi connectivity index (χ2n) is 9.23. The lowest BCUT2D eigenvalue weighted by atomic mass is 9.86. The molecule has 0 aromatic heterocycles. The van der Waals surface area contributed by atoms with E-state index in [2.05, 4.69) is 84.9 Å². The molecule has 0 amide bonds. The maximum atomic E-state index is 2.37. The number of fused-ring (bicyclic) bond motifs is 14. The summed E-state index contributed by atoms with van der Waals surface area (Å²) in [5.41, 5.74) is 18.2. The first-order chi connectivity index (χ1) is 15.4. The molecule has 5 aromatic rings. The predicted molar refractivity (Wildman–Crippen MR) is 129 cm³/mol. The van der Waals surface area contributed by atoms with Gasteiger partial charge in [-0.3, -0.25) is 0 Å². The Kier molecular flexibility index (Phi) is 2.87. The summed E-state index contributed by atoms with van der Waals surface area (Å²) < 4.78 is 0. The lowest BCUT2D eigenvalue weighted by Crippen LogP contribution is -1.97. The van der Waals surface area contributed by atoms with Gasteiger partial charge in [0.05, 0.1) is 0 Å². The van der Waals surface area contributed by atoms with Gasteiger partial charge in [0.1, 0.15) is 0 Å². The van der Waals surface area contributed by atoms with Crippen LogP contribution in [0.15, 0.2) is 84.9 Å². The molecule has 0 fully saturated rings. The molecule has 0 heteroatoms. The van der Waals surface area contributed by atoms with Gasteiger partial charge in [-0.1, -0.05) is 84.9 Å². The van der Waals surface area contributed by atoms with Crippen molar-refractivity contribution in [1.82, 2.24) is 0 Å². The fourth-order valence-electron chi connectivity index (χ4n) is 6.57. The van der Waals surface area contributed by atoms with Crippen LogP contribution in [-0.2, 0) is 19.3 Å². The van der Waals surface area contributed by atoms with Crippen LogP contribution in [0.5, 0.6) is 0 Å². The summed E-state index contributed by atoms with van der Waals surface area (Å²) in [6.07, 6.45) is 3.17.